The van der Waals surface area contributed by atoms with E-state index in [-0.39, 0.29) is 11.5 Å². The summed E-state index contributed by atoms with van der Waals surface area (Å²) in [5.74, 6) is -0.0796. The van der Waals surface area contributed by atoms with E-state index in [1.807, 2.05) is 50.2 Å². The Hall–Kier alpha value is -3.56. The van der Waals surface area contributed by atoms with E-state index in [0.717, 1.165) is 15.6 Å². The molecule has 7 nitrogen and oxygen atoms in total. The SMILES string of the molecule is CCN1C(=O)C(=Cc2cc(OC)c(OCc3ccc(C)cc3)cc2Br)SC1=Nc1cccc(C(=O)O)c1. The van der Waals surface area contributed by atoms with Crippen molar-refractivity contribution in [1.29, 1.82) is 0 Å². The quantitative estimate of drug-likeness (QED) is 0.299. The number of carbonyl (C=O) groups excluding carboxylic acids is 1. The number of aryl methyl sites for hydroxylation is 1. The van der Waals surface area contributed by atoms with Gasteiger partial charge in [-0.3, -0.25) is 9.69 Å². The van der Waals surface area contributed by atoms with E-state index in [1.165, 1.54) is 29.5 Å². The average Bonchev–Trinajstić information content (AvgIpc) is 3.18. The molecule has 0 saturated carbocycles. The Kier molecular flexibility index (Phi) is 8.35. The molecule has 37 heavy (non-hydrogen) atoms. The molecule has 0 atom stereocenters. The van der Waals surface area contributed by atoms with Gasteiger partial charge in [-0.25, -0.2) is 9.79 Å². The van der Waals surface area contributed by atoms with Crippen molar-refractivity contribution in [2.75, 3.05) is 13.7 Å². The van der Waals surface area contributed by atoms with Crippen molar-refractivity contribution < 1.29 is 24.2 Å². The zero-order valence-corrected chi connectivity index (χ0v) is 22.9. The third-order valence-electron chi connectivity index (χ3n) is 5.61. The van der Waals surface area contributed by atoms with E-state index in [9.17, 15) is 14.7 Å². The molecule has 1 aliphatic rings. The van der Waals surface area contributed by atoms with Crippen LogP contribution in [0, 0.1) is 6.92 Å². The summed E-state index contributed by atoms with van der Waals surface area (Å²) in [5, 5.41) is 9.74. The van der Waals surface area contributed by atoms with Crippen LogP contribution in [0.4, 0.5) is 5.69 Å². The second-order valence-electron chi connectivity index (χ2n) is 8.21. The Balaban J connectivity index is 1.59. The summed E-state index contributed by atoms with van der Waals surface area (Å²) in [4.78, 5) is 31.0. The molecule has 0 unspecified atom stereocenters. The van der Waals surface area contributed by atoms with Crippen molar-refractivity contribution in [2.24, 2.45) is 4.99 Å². The van der Waals surface area contributed by atoms with Crippen LogP contribution >= 0.6 is 27.7 Å². The van der Waals surface area contributed by atoms with Crippen molar-refractivity contribution in [3.05, 3.63) is 92.3 Å². The zero-order valence-electron chi connectivity index (χ0n) is 20.5. The number of ether oxygens (including phenoxy) is 2. The Bertz CT molecular complexity index is 1400. The first-order valence-electron chi connectivity index (χ1n) is 11.5. The normalized spacial score (nSPS) is 15.5. The summed E-state index contributed by atoms with van der Waals surface area (Å²) in [6, 6.07) is 18.1. The lowest BCUT2D eigenvalue weighted by atomic mass is 10.1. The van der Waals surface area contributed by atoms with Gasteiger partial charge in [0.2, 0.25) is 0 Å². The fourth-order valence-corrected chi connectivity index (χ4v) is 5.10. The monoisotopic (exact) mass is 580 g/mol. The molecule has 1 aliphatic heterocycles. The van der Waals surface area contributed by atoms with Crippen LogP contribution in [0.1, 0.15) is 34.0 Å². The number of hydrogen-bond donors (Lipinski definition) is 1. The molecule has 190 valence electrons. The maximum atomic E-state index is 13.1. The predicted molar refractivity (Wildman–Crippen MR) is 150 cm³/mol. The predicted octanol–water partition coefficient (Wildman–Crippen LogP) is 6.67. The lowest BCUT2D eigenvalue weighted by Crippen LogP contribution is -2.28. The number of likely N-dealkylation sites (N-methyl/N-ethyl adjacent to an activating group) is 1. The van der Waals surface area contributed by atoms with E-state index < -0.39 is 5.97 Å². The molecule has 3 aromatic carbocycles. The summed E-state index contributed by atoms with van der Waals surface area (Å²) < 4.78 is 12.3. The van der Waals surface area contributed by atoms with Crippen molar-refractivity contribution in [1.82, 2.24) is 4.90 Å². The molecular weight excluding hydrogens is 556 g/mol. The van der Waals surface area contributed by atoms with Gasteiger partial charge in [0.25, 0.3) is 5.91 Å². The fourth-order valence-electron chi connectivity index (χ4n) is 3.61. The molecule has 0 spiro atoms. The summed E-state index contributed by atoms with van der Waals surface area (Å²) in [5.41, 5.74) is 3.58. The number of hydrogen-bond acceptors (Lipinski definition) is 6. The first-order chi connectivity index (χ1) is 17.8. The molecule has 1 amide bonds. The highest BCUT2D eigenvalue weighted by Gasteiger charge is 2.32. The molecule has 1 fully saturated rings. The summed E-state index contributed by atoms with van der Waals surface area (Å²) in [7, 11) is 1.57. The minimum atomic E-state index is -1.03. The Labute approximate surface area is 227 Å². The number of methoxy groups -OCH3 is 1. The minimum absolute atomic E-state index is 0.135. The van der Waals surface area contributed by atoms with Crippen LogP contribution in [0.3, 0.4) is 0 Å². The number of thioether (sulfide) groups is 1. The molecule has 1 heterocycles. The van der Waals surface area contributed by atoms with Crippen LogP contribution in [-0.4, -0.2) is 40.7 Å². The molecule has 3 aromatic rings. The third kappa shape index (κ3) is 6.23. The van der Waals surface area contributed by atoms with E-state index in [4.69, 9.17) is 9.47 Å². The van der Waals surface area contributed by atoms with Gasteiger partial charge in [0, 0.05) is 11.0 Å². The topological polar surface area (TPSA) is 88.4 Å². The molecule has 0 radical (unpaired) electrons. The van der Waals surface area contributed by atoms with Gasteiger partial charge in [0.15, 0.2) is 16.7 Å². The first kappa shape index (κ1) is 26.5. The summed E-state index contributed by atoms with van der Waals surface area (Å²) in [6.07, 6.45) is 1.78. The molecule has 1 N–H and O–H groups in total. The van der Waals surface area contributed by atoms with Gasteiger partial charge >= 0.3 is 5.97 Å². The van der Waals surface area contributed by atoms with Crippen LogP contribution < -0.4 is 9.47 Å². The number of carboxylic acids is 1. The maximum absolute atomic E-state index is 13.1. The number of carbonyl (C=O) groups is 2. The smallest absolute Gasteiger partial charge is 0.335 e. The first-order valence-corrected chi connectivity index (χ1v) is 13.1. The van der Waals surface area contributed by atoms with Crippen LogP contribution in [-0.2, 0) is 11.4 Å². The Morgan fingerprint density at radius 1 is 1.14 bits per heavy atom. The number of aliphatic imine (C=N–C) groups is 1. The highest BCUT2D eigenvalue weighted by Crippen LogP contribution is 2.39. The van der Waals surface area contributed by atoms with Crippen LogP contribution in [0.2, 0.25) is 0 Å². The summed E-state index contributed by atoms with van der Waals surface area (Å²) >= 11 is 4.83. The molecular formula is C28H25BrN2O5S. The van der Waals surface area contributed by atoms with Crippen LogP contribution in [0.5, 0.6) is 11.5 Å². The molecule has 1 saturated heterocycles. The van der Waals surface area contributed by atoms with Crippen molar-refractivity contribution in [2.45, 2.75) is 20.5 Å². The van der Waals surface area contributed by atoms with E-state index in [1.54, 1.807) is 30.2 Å². The van der Waals surface area contributed by atoms with Gasteiger partial charge in [0.1, 0.15) is 6.61 Å². The maximum Gasteiger partial charge on any atom is 0.335 e. The van der Waals surface area contributed by atoms with E-state index in [2.05, 4.69) is 20.9 Å². The lowest BCUT2D eigenvalue weighted by molar-refractivity contribution is -0.122. The number of halogens is 1. The van der Waals surface area contributed by atoms with Gasteiger partial charge in [-0.15, -0.1) is 0 Å². The molecule has 4 rings (SSSR count). The number of rotatable bonds is 8. The highest BCUT2D eigenvalue weighted by atomic mass is 79.9. The number of nitrogens with zero attached hydrogens (tertiary/aromatic N) is 2. The molecule has 9 heteroatoms. The largest absolute Gasteiger partial charge is 0.493 e. The van der Waals surface area contributed by atoms with Gasteiger partial charge in [-0.2, -0.15) is 0 Å². The van der Waals surface area contributed by atoms with Gasteiger partial charge in [0.05, 0.1) is 23.3 Å². The number of amides is 1. The zero-order chi connectivity index (χ0) is 26.5. The fraction of sp³-hybridized carbons (Fsp3) is 0.179. The van der Waals surface area contributed by atoms with E-state index in [0.29, 0.717) is 40.4 Å². The number of aromatic carboxylic acids is 1. The minimum Gasteiger partial charge on any atom is -0.493 e. The number of carboxylic acid groups (broad SMARTS) is 1. The van der Waals surface area contributed by atoms with Crippen molar-refractivity contribution >= 4 is 56.5 Å². The summed E-state index contributed by atoms with van der Waals surface area (Å²) in [6.45, 7) is 4.73. The second kappa shape index (κ2) is 11.7. The Morgan fingerprint density at radius 2 is 1.89 bits per heavy atom. The van der Waals surface area contributed by atoms with Gasteiger partial charge < -0.3 is 14.6 Å². The van der Waals surface area contributed by atoms with Crippen LogP contribution in [0.15, 0.2) is 75.0 Å². The number of amidine groups is 1. The standard InChI is InChI=1S/C28H25BrN2O5S/c1-4-31-26(32)25(37-28(31)30-21-7-5-6-19(12-21)27(33)34)14-20-13-23(35-3)24(15-22(20)29)36-16-18-10-8-17(2)9-11-18/h5-15H,4,16H2,1-3H3,(H,33,34). The molecule has 0 bridgehead atoms. The van der Waals surface area contributed by atoms with E-state index >= 15 is 0 Å². The van der Waals surface area contributed by atoms with Gasteiger partial charge in [-0.05, 0) is 73.1 Å². The lowest BCUT2D eigenvalue weighted by Gasteiger charge is -2.13. The molecule has 0 aromatic heterocycles. The van der Waals surface area contributed by atoms with Crippen LogP contribution in [0.25, 0.3) is 6.08 Å². The van der Waals surface area contributed by atoms with Gasteiger partial charge in [-0.1, -0.05) is 51.8 Å². The number of benzene rings is 3. The third-order valence-corrected chi connectivity index (χ3v) is 7.30. The second-order valence-corrected chi connectivity index (χ2v) is 10.1. The van der Waals surface area contributed by atoms with Crippen molar-refractivity contribution in [3.63, 3.8) is 0 Å². The van der Waals surface area contributed by atoms with Crippen molar-refractivity contribution in [3.8, 4) is 11.5 Å². The molecule has 0 aliphatic carbocycles. The average molecular weight is 581 g/mol. The Morgan fingerprint density at radius 3 is 2.57 bits per heavy atom. The highest BCUT2D eigenvalue weighted by molar-refractivity contribution is 9.10.